The molecule has 0 bridgehead atoms. The van der Waals surface area contributed by atoms with Gasteiger partial charge in [0.25, 0.3) is 5.91 Å². The van der Waals surface area contributed by atoms with E-state index in [1.807, 2.05) is 55.5 Å². The van der Waals surface area contributed by atoms with E-state index in [4.69, 9.17) is 0 Å². The Bertz CT molecular complexity index is 1040. The highest BCUT2D eigenvalue weighted by molar-refractivity contribution is 5.98. The molecule has 0 heterocycles. The van der Waals surface area contributed by atoms with Crippen LogP contribution >= 0.6 is 0 Å². The minimum Gasteiger partial charge on any atom is -0.337 e. The molecule has 0 aliphatic rings. The van der Waals surface area contributed by atoms with E-state index in [-0.39, 0.29) is 17.7 Å². The molecule has 0 radical (unpaired) electrons. The molecule has 0 aliphatic carbocycles. The molecule has 0 aromatic heterocycles. The highest BCUT2D eigenvalue weighted by Crippen LogP contribution is 2.21. The number of hydrogen-bond acceptors (Lipinski definition) is 2. The molecule has 166 valence electrons. The third-order valence-electron chi connectivity index (χ3n) is 5.50. The number of carbonyl (C=O) groups is 2. The van der Waals surface area contributed by atoms with E-state index < -0.39 is 0 Å². The summed E-state index contributed by atoms with van der Waals surface area (Å²) in [4.78, 5) is 27.4. The van der Waals surface area contributed by atoms with E-state index in [1.165, 1.54) is 5.56 Å². The van der Waals surface area contributed by atoms with Crippen molar-refractivity contribution in [2.75, 3.05) is 12.4 Å². The van der Waals surface area contributed by atoms with Gasteiger partial charge in [0.2, 0.25) is 5.91 Å². The van der Waals surface area contributed by atoms with Crippen molar-refractivity contribution in [1.82, 2.24) is 4.90 Å². The third-order valence-corrected chi connectivity index (χ3v) is 5.50. The molecular formula is C28H32N2O2. The van der Waals surface area contributed by atoms with Crippen LogP contribution in [0.1, 0.15) is 53.7 Å². The van der Waals surface area contributed by atoms with Gasteiger partial charge >= 0.3 is 0 Å². The number of nitrogens with zero attached hydrogens (tertiary/aromatic N) is 1. The van der Waals surface area contributed by atoms with Crippen LogP contribution in [0.15, 0.2) is 78.9 Å². The fourth-order valence-corrected chi connectivity index (χ4v) is 3.70. The summed E-state index contributed by atoms with van der Waals surface area (Å²) in [5.41, 5.74) is 4.50. The number of benzene rings is 3. The molecule has 2 amide bonds. The van der Waals surface area contributed by atoms with Crippen molar-refractivity contribution < 1.29 is 9.59 Å². The second kappa shape index (κ2) is 10.8. The minimum absolute atomic E-state index is 0.0845. The molecule has 4 heteroatoms. The Balaban J connectivity index is 1.64. The van der Waals surface area contributed by atoms with Crippen molar-refractivity contribution in [1.29, 1.82) is 0 Å². The summed E-state index contributed by atoms with van der Waals surface area (Å²) >= 11 is 0. The van der Waals surface area contributed by atoms with E-state index in [9.17, 15) is 9.59 Å². The highest BCUT2D eigenvalue weighted by Gasteiger charge is 2.17. The van der Waals surface area contributed by atoms with Crippen LogP contribution < -0.4 is 5.32 Å². The zero-order valence-electron chi connectivity index (χ0n) is 19.3. The molecule has 0 fully saturated rings. The largest absolute Gasteiger partial charge is 0.337 e. The summed E-state index contributed by atoms with van der Waals surface area (Å²) in [6, 6.07) is 25.2. The molecule has 32 heavy (non-hydrogen) atoms. The molecule has 4 nitrogen and oxygen atoms in total. The Morgan fingerprint density at radius 2 is 1.53 bits per heavy atom. The van der Waals surface area contributed by atoms with Crippen molar-refractivity contribution in [3.63, 3.8) is 0 Å². The monoisotopic (exact) mass is 428 g/mol. The Labute approximate surface area is 191 Å². The molecule has 1 N–H and O–H groups in total. The maximum Gasteiger partial charge on any atom is 0.253 e. The normalized spacial score (nSPS) is 11.8. The van der Waals surface area contributed by atoms with E-state index in [0.29, 0.717) is 23.7 Å². The molecule has 3 aromatic rings. The predicted octanol–water partition coefficient (Wildman–Crippen LogP) is 5.90. The smallest absolute Gasteiger partial charge is 0.253 e. The van der Waals surface area contributed by atoms with Gasteiger partial charge in [0, 0.05) is 24.8 Å². The molecule has 0 aliphatic heterocycles. The van der Waals surface area contributed by atoms with E-state index >= 15 is 0 Å². The fourth-order valence-electron chi connectivity index (χ4n) is 3.70. The quantitative estimate of drug-likeness (QED) is 0.486. The lowest BCUT2D eigenvalue weighted by Crippen LogP contribution is -2.26. The van der Waals surface area contributed by atoms with Gasteiger partial charge in [-0.1, -0.05) is 74.5 Å². The molecule has 3 rings (SSSR count). The Hall–Kier alpha value is -3.40. The molecule has 3 aromatic carbocycles. The summed E-state index contributed by atoms with van der Waals surface area (Å²) in [6.07, 6.45) is 1.03. The topological polar surface area (TPSA) is 49.4 Å². The maximum absolute atomic E-state index is 12.9. The van der Waals surface area contributed by atoms with Gasteiger partial charge in [-0.15, -0.1) is 0 Å². The van der Waals surface area contributed by atoms with Gasteiger partial charge in [-0.05, 0) is 54.2 Å². The summed E-state index contributed by atoms with van der Waals surface area (Å²) in [5, 5.41) is 2.96. The van der Waals surface area contributed by atoms with Crippen molar-refractivity contribution in [2.45, 2.75) is 39.7 Å². The first kappa shape index (κ1) is 23.3. The summed E-state index contributed by atoms with van der Waals surface area (Å²) in [6.45, 7) is 6.82. The molecule has 0 saturated carbocycles. The predicted molar refractivity (Wildman–Crippen MR) is 131 cm³/mol. The van der Waals surface area contributed by atoms with E-state index in [2.05, 4.69) is 31.3 Å². The SMILES string of the molecule is CC(C)Cc1ccc(C(C)C(=O)Nc2cccc(C(=O)N(C)Cc3ccccc3)c2)cc1. The zero-order chi connectivity index (χ0) is 23.1. The van der Waals surface area contributed by atoms with Crippen LogP contribution in [0.2, 0.25) is 0 Å². The Kier molecular flexibility index (Phi) is 7.82. The van der Waals surface area contributed by atoms with Gasteiger partial charge in [-0.25, -0.2) is 0 Å². The van der Waals surface area contributed by atoms with E-state index in [1.54, 1.807) is 30.1 Å². The van der Waals surface area contributed by atoms with Crippen molar-refractivity contribution in [3.05, 3.63) is 101 Å². The van der Waals surface area contributed by atoms with E-state index in [0.717, 1.165) is 17.5 Å². The molecule has 1 atom stereocenters. The van der Waals surface area contributed by atoms with Gasteiger partial charge in [0.1, 0.15) is 0 Å². The lowest BCUT2D eigenvalue weighted by atomic mass is 9.96. The second-order valence-corrected chi connectivity index (χ2v) is 8.78. The number of nitrogens with one attached hydrogen (secondary N) is 1. The zero-order valence-corrected chi connectivity index (χ0v) is 19.3. The number of amides is 2. The number of hydrogen-bond donors (Lipinski definition) is 1. The second-order valence-electron chi connectivity index (χ2n) is 8.78. The van der Waals surface area contributed by atoms with Gasteiger partial charge in [0.15, 0.2) is 0 Å². The van der Waals surface area contributed by atoms with Gasteiger partial charge in [0.05, 0.1) is 5.92 Å². The lowest BCUT2D eigenvalue weighted by molar-refractivity contribution is -0.117. The summed E-state index contributed by atoms with van der Waals surface area (Å²) in [7, 11) is 1.78. The summed E-state index contributed by atoms with van der Waals surface area (Å²) < 4.78 is 0. The van der Waals surface area contributed by atoms with Gasteiger partial charge < -0.3 is 10.2 Å². The lowest BCUT2D eigenvalue weighted by Gasteiger charge is -2.18. The van der Waals surface area contributed by atoms with Gasteiger partial charge in [-0.2, -0.15) is 0 Å². The van der Waals surface area contributed by atoms with Crippen LogP contribution in [-0.4, -0.2) is 23.8 Å². The van der Waals surface area contributed by atoms with Crippen molar-refractivity contribution >= 4 is 17.5 Å². The van der Waals surface area contributed by atoms with Crippen LogP contribution in [0.4, 0.5) is 5.69 Å². The minimum atomic E-state index is -0.289. The standard InChI is InChI=1S/C28H32N2O2/c1-20(2)17-22-13-15-24(16-14-22)21(3)27(31)29-26-12-8-11-25(18-26)28(32)30(4)19-23-9-6-5-7-10-23/h5-16,18,20-21H,17,19H2,1-4H3,(H,29,31). The van der Waals surface area contributed by atoms with Crippen LogP contribution in [0.25, 0.3) is 0 Å². The van der Waals surface area contributed by atoms with Gasteiger partial charge in [-0.3, -0.25) is 9.59 Å². The number of rotatable bonds is 8. The Morgan fingerprint density at radius 3 is 2.19 bits per heavy atom. The van der Waals surface area contributed by atoms with Crippen LogP contribution in [-0.2, 0) is 17.8 Å². The average molecular weight is 429 g/mol. The molecule has 0 spiro atoms. The molecular weight excluding hydrogens is 396 g/mol. The summed E-state index contributed by atoms with van der Waals surface area (Å²) in [5.74, 6) is 0.133. The molecule has 0 saturated heterocycles. The average Bonchev–Trinajstić information content (AvgIpc) is 2.79. The van der Waals surface area contributed by atoms with Crippen molar-refractivity contribution in [3.8, 4) is 0 Å². The molecule has 1 unspecified atom stereocenters. The van der Waals surface area contributed by atoms with Crippen molar-refractivity contribution in [2.24, 2.45) is 5.92 Å². The number of carbonyl (C=O) groups excluding carboxylic acids is 2. The fraction of sp³-hybridized carbons (Fsp3) is 0.286. The van der Waals surface area contributed by atoms with Crippen LogP contribution in [0.5, 0.6) is 0 Å². The third kappa shape index (κ3) is 6.30. The van der Waals surface area contributed by atoms with Crippen LogP contribution in [0, 0.1) is 5.92 Å². The number of anilines is 1. The Morgan fingerprint density at radius 1 is 0.844 bits per heavy atom. The van der Waals surface area contributed by atoms with Crippen LogP contribution in [0.3, 0.4) is 0 Å². The first-order valence-corrected chi connectivity index (χ1v) is 11.1. The maximum atomic E-state index is 12.9. The highest BCUT2D eigenvalue weighted by atomic mass is 16.2. The first-order valence-electron chi connectivity index (χ1n) is 11.1. The first-order chi connectivity index (χ1) is 15.3.